The molecule has 0 spiro atoms. The standard InChI is InChI=1S/C25H29NO4.C23H25NO4/c1-3-29-25(27)9-5-21-13-20-14-22(6-8-24(20)26-21)30-15-18-4-7-23(17(2)12-18)19-10-11-28-16-19;1-15-10-16(2-5-21(15)17-8-9-27-14-17)13-28-20-4-6-22-18(12-20)11-19(24-22)3-7-23(25)26/h4,6-8,12-14,19,26H,3,5,9-11,15-16H2,1-2H3;2,4-6,10-12,17,24H,3,7-9,13-14H2,1H3,(H,25,26). The maximum absolute atomic E-state index is 11.6. The second-order valence-electron chi connectivity index (χ2n) is 15.4. The smallest absolute Gasteiger partial charge is 0.306 e. The van der Waals surface area contributed by atoms with Crippen LogP contribution in [0.5, 0.6) is 11.5 Å². The number of carbonyl (C=O) groups excluding carboxylic acids is 1. The number of ether oxygens (including phenoxy) is 5. The van der Waals surface area contributed by atoms with E-state index >= 15 is 0 Å². The normalized spacial score (nSPS) is 16.3. The molecule has 304 valence electrons. The third-order valence-electron chi connectivity index (χ3n) is 11.0. The topological polar surface area (TPSA) is 132 Å². The Kier molecular flexibility index (Phi) is 13.5. The number of hydrogen-bond donors (Lipinski definition) is 3. The van der Waals surface area contributed by atoms with Gasteiger partial charge < -0.3 is 38.8 Å². The van der Waals surface area contributed by atoms with Crippen molar-refractivity contribution in [2.24, 2.45) is 0 Å². The monoisotopic (exact) mass is 786 g/mol. The van der Waals surface area contributed by atoms with Gasteiger partial charge >= 0.3 is 11.9 Å². The first-order valence-corrected chi connectivity index (χ1v) is 20.4. The predicted molar refractivity (Wildman–Crippen MR) is 225 cm³/mol. The molecule has 0 aliphatic carbocycles. The third-order valence-corrected chi connectivity index (χ3v) is 11.0. The van der Waals surface area contributed by atoms with E-state index in [1.54, 1.807) is 0 Å². The highest BCUT2D eigenvalue weighted by atomic mass is 16.5. The Balaban J connectivity index is 0.000000177. The summed E-state index contributed by atoms with van der Waals surface area (Å²) in [4.78, 5) is 28.9. The molecule has 0 radical (unpaired) electrons. The molecule has 2 aliphatic rings. The maximum Gasteiger partial charge on any atom is 0.306 e. The molecule has 10 nitrogen and oxygen atoms in total. The molecule has 2 aromatic heterocycles. The molecule has 58 heavy (non-hydrogen) atoms. The van der Waals surface area contributed by atoms with Gasteiger partial charge in [0.05, 0.1) is 32.7 Å². The molecule has 0 bridgehead atoms. The molecule has 0 saturated carbocycles. The molecular formula is C48H54N2O8. The number of benzene rings is 4. The van der Waals surface area contributed by atoms with Crippen LogP contribution in [0.1, 0.15) is 89.2 Å². The minimum Gasteiger partial charge on any atom is -0.489 e. The predicted octanol–water partition coefficient (Wildman–Crippen LogP) is 9.63. The number of H-pyrrole nitrogens is 2. The van der Waals surface area contributed by atoms with Gasteiger partial charge in [0.2, 0.25) is 0 Å². The number of aromatic amines is 2. The van der Waals surface area contributed by atoms with Crippen molar-refractivity contribution in [3.63, 3.8) is 0 Å². The van der Waals surface area contributed by atoms with Gasteiger partial charge in [0.15, 0.2) is 0 Å². The quantitative estimate of drug-likeness (QED) is 0.0878. The van der Waals surface area contributed by atoms with E-state index in [9.17, 15) is 9.59 Å². The lowest BCUT2D eigenvalue weighted by Crippen LogP contribution is -2.05. The number of aliphatic carboxylic acids is 1. The Bertz CT molecular complexity index is 2330. The lowest BCUT2D eigenvalue weighted by Gasteiger charge is -2.14. The SMILES string of the molecule is CCOC(=O)CCc1cc2cc(OCc3ccc(C4CCOC4)c(C)c3)ccc2[nH]1.Cc1cc(COc2ccc3[nH]c(CCC(=O)O)cc3c2)ccc1C1CCOC1. The summed E-state index contributed by atoms with van der Waals surface area (Å²) >= 11 is 0. The van der Waals surface area contributed by atoms with Crippen molar-refractivity contribution in [2.75, 3.05) is 33.0 Å². The summed E-state index contributed by atoms with van der Waals surface area (Å²) in [6.07, 6.45) is 3.85. The summed E-state index contributed by atoms with van der Waals surface area (Å²) < 4.78 is 28.1. The number of fused-ring (bicyclic) bond motifs is 2. The third kappa shape index (κ3) is 10.7. The Labute approximate surface area is 339 Å². The van der Waals surface area contributed by atoms with Crippen molar-refractivity contribution in [3.8, 4) is 11.5 Å². The fourth-order valence-corrected chi connectivity index (χ4v) is 7.97. The van der Waals surface area contributed by atoms with Gasteiger partial charge in [0.1, 0.15) is 24.7 Å². The molecule has 10 heteroatoms. The van der Waals surface area contributed by atoms with E-state index in [1.807, 2.05) is 49.4 Å². The van der Waals surface area contributed by atoms with Crippen molar-refractivity contribution >= 4 is 33.7 Å². The Morgan fingerprint density at radius 3 is 1.60 bits per heavy atom. The van der Waals surface area contributed by atoms with Crippen LogP contribution in [-0.4, -0.2) is 60.0 Å². The van der Waals surface area contributed by atoms with Gasteiger partial charge in [-0.15, -0.1) is 0 Å². The van der Waals surface area contributed by atoms with Gasteiger partial charge in [-0.3, -0.25) is 9.59 Å². The van der Waals surface area contributed by atoms with Crippen molar-refractivity contribution in [1.82, 2.24) is 9.97 Å². The number of aryl methyl sites for hydroxylation is 4. The Morgan fingerprint density at radius 1 is 0.672 bits per heavy atom. The van der Waals surface area contributed by atoms with Crippen LogP contribution in [0, 0.1) is 13.8 Å². The van der Waals surface area contributed by atoms with Gasteiger partial charge in [-0.05, 0) is 128 Å². The number of carboxylic acids is 1. The van der Waals surface area contributed by atoms with Crippen LogP contribution >= 0.6 is 0 Å². The highest BCUT2D eigenvalue weighted by molar-refractivity contribution is 5.83. The van der Waals surface area contributed by atoms with Gasteiger partial charge in [-0.2, -0.15) is 0 Å². The molecule has 2 atom stereocenters. The molecule has 2 unspecified atom stereocenters. The van der Waals surface area contributed by atoms with Gasteiger partial charge in [-0.25, -0.2) is 0 Å². The number of carbonyl (C=O) groups is 2. The van der Waals surface area contributed by atoms with Gasteiger partial charge in [0.25, 0.3) is 0 Å². The van der Waals surface area contributed by atoms with Crippen LogP contribution in [0.15, 0.2) is 84.9 Å². The van der Waals surface area contributed by atoms with E-state index in [1.165, 1.54) is 27.8 Å². The number of carboxylic acid groups (broad SMARTS) is 1. The van der Waals surface area contributed by atoms with Crippen LogP contribution in [0.25, 0.3) is 21.8 Å². The zero-order valence-corrected chi connectivity index (χ0v) is 33.7. The minimum atomic E-state index is -0.788. The lowest BCUT2D eigenvalue weighted by atomic mass is 9.93. The van der Waals surface area contributed by atoms with E-state index in [0.717, 1.165) is 89.5 Å². The maximum atomic E-state index is 11.6. The molecule has 4 aromatic carbocycles. The van der Waals surface area contributed by atoms with Crippen LogP contribution in [0.4, 0.5) is 0 Å². The molecule has 3 N–H and O–H groups in total. The highest BCUT2D eigenvalue weighted by Crippen LogP contribution is 2.31. The van der Waals surface area contributed by atoms with E-state index in [2.05, 4.69) is 66.3 Å². The fourth-order valence-electron chi connectivity index (χ4n) is 7.97. The van der Waals surface area contributed by atoms with Crippen LogP contribution in [0.2, 0.25) is 0 Å². The summed E-state index contributed by atoms with van der Waals surface area (Å²) in [5.41, 5.74) is 11.7. The van der Waals surface area contributed by atoms with E-state index in [0.29, 0.717) is 50.9 Å². The summed E-state index contributed by atoms with van der Waals surface area (Å²) in [7, 11) is 0. The van der Waals surface area contributed by atoms with E-state index < -0.39 is 5.97 Å². The average molecular weight is 787 g/mol. The molecule has 2 aliphatic heterocycles. The summed E-state index contributed by atoms with van der Waals surface area (Å²) in [5, 5.41) is 10.9. The largest absolute Gasteiger partial charge is 0.489 e. The first kappa shape index (κ1) is 40.6. The number of aromatic nitrogens is 2. The Morgan fingerprint density at radius 2 is 1.17 bits per heavy atom. The number of rotatable bonds is 15. The fraction of sp³-hybridized carbons (Fsp3) is 0.375. The Hall–Kier alpha value is -5.58. The van der Waals surface area contributed by atoms with Crippen molar-refractivity contribution in [1.29, 1.82) is 0 Å². The second kappa shape index (κ2) is 19.2. The summed E-state index contributed by atoms with van der Waals surface area (Å²) in [6, 6.07) is 29.2. The van der Waals surface area contributed by atoms with Crippen LogP contribution in [-0.2, 0) is 49.9 Å². The number of nitrogens with one attached hydrogen (secondary N) is 2. The second-order valence-corrected chi connectivity index (χ2v) is 15.4. The first-order chi connectivity index (χ1) is 28.2. The summed E-state index contributed by atoms with van der Waals surface area (Å²) in [6.45, 7) is 11.0. The summed E-state index contributed by atoms with van der Waals surface area (Å²) in [5.74, 6) is 1.73. The number of esters is 1. The van der Waals surface area contributed by atoms with E-state index in [-0.39, 0.29) is 12.4 Å². The van der Waals surface area contributed by atoms with Crippen molar-refractivity contribution < 1.29 is 38.4 Å². The lowest BCUT2D eigenvalue weighted by molar-refractivity contribution is -0.143. The molecule has 2 fully saturated rings. The van der Waals surface area contributed by atoms with E-state index in [4.69, 9.17) is 28.8 Å². The van der Waals surface area contributed by atoms with Crippen LogP contribution in [0.3, 0.4) is 0 Å². The van der Waals surface area contributed by atoms with Gasteiger partial charge in [0, 0.05) is 58.2 Å². The molecule has 4 heterocycles. The zero-order valence-electron chi connectivity index (χ0n) is 33.7. The molecule has 8 rings (SSSR count). The average Bonchev–Trinajstić information content (AvgIpc) is 4.06. The minimum absolute atomic E-state index is 0.124. The zero-order chi connectivity index (χ0) is 40.4. The molecule has 2 saturated heterocycles. The van der Waals surface area contributed by atoms with Gasteiger partial charge in [-0.1, -0.05) is 36.4 Å². The van der Waals surface area contributed by atoms with Crippen molar-refractivity contribution in [3.05, 3.63) is 130 Å². The molecule has 0 amide bonds. The van der Waals surface area contributed by atoms with Crippen LogP contribution < -0.4 is 9.47 Å². The number of hydrogen-bond acceptors (Lipinski definition) is 7. The molecular weight excluding hydrogens is 733 g/mol. The first-order valence-electron chi connectivity index (χ1n) is 20.4. The molecule has 6 aromatic rings. The van der Waals surface area contributed by atoms with Crippen molar-refractivity contribution in [2.45, 2.75) is 84.3 Å². The highest BCUT2D eigenvalue weighted by Gasteiger charge is 2.21.